The summed E-state index contributed by atoms with van der Waals surface area (Å²) in [5.41, 5.74) is 0. The molecule has 1 atom stereocenters. The monoisotopic (exact) mass is 159 g/mol. The quantitative estimate of drug-likeness (QED) is 0.566. The molecule has 0 unspecified atom stereocenters. The van der Waals surface area contributed by atoms with E-state index in [-0.39, 0.29) is 5.91 Å². The number of carbonyl (C=O) groups excluding carboxylic acids is 1. The van der Waals surface area contributed by atoms with Crippen molar-refractivity contribution in [2.75, 3.05) is 6.61 Å². The number of nitrogens with zero attached hydrogens (tertiary/aromatic N) is 1. The summed E-state index contributed by atoms with van der Waals surface area (Å²) in [5.74, 6) is -1.38. The Balaban J connectivity index is 2.65. The van der Waals surface area contributed by atoms with Gasteiger partial charge in [-0.3, -0.25) is 9.63 Å². The van der Waals surface area contributed by atoms with Gasteiger partial charge in [-0.05, 0) is 0 Å². The van der Waals surface area contributed by atoms with Crippen molar-refractivity contribution in [3.8, 4) is 0 Å². The maximum Gasteiger partial charge on any atom is 0.329 e. The lowest BCUT2D eigenvalue weighted by atomic mass is 10.2. The highest BCUT2D eigenvalue weighted by molar-refractivity contribution is 5.81. The van der Waals surface area contributed by atoms with Crippen molar-refractivity contribution in [1.82, 2.24) is 5.06 Å². The van der Waals surface area contributed by atoms with Crippen LogP contribution in [0, 0.1) is 0 Å². The molecule has 1 aliphatic rings. The minimum Gasteiger partial charge on any atom is -0.480 e. The van der Waals surface area contributed by atoms with Gasteiger partial charge in [-0.1, -0.05) is 0 Å². The van der Waals surface area contributed by atoms with Crippen LogP contribution >= 0.6 is 0 Å². The fraction of sp³-hybridized carbons (Fsp3) is 0.667. The third kappa shape index (κ3) is 1.48. The van der Waals surface area contributed by atoms with Crippen LogP contribution in [0.2, 0.25) is 0 Å². The summed E-state index contributed by atoms with van der Waals surface area (Å²) in [4.78, 5) is 25.9. The minimum atomic E-state index is -1.02. The SMILES string of the molecule is CC(=O)N1OCC[C@H]1C(=O)O. The molecule has 1 N–H and O–H groups in total. The van der Waals surface area contributed by atoms with Crippen LogP contribution < -0.4 is 0 Å². The Labute approximate surface area is 63.5 Å². The molecule has 5 heteroatoms. The summed E-state index contributed by atoms with van der Waals surface area (Å²) in [6.45, 7) is 1.58. The molecule has 0 aromatic carbocycles. The Morgan fingerprint density at radius 1 is 1.64 bits per heavy atom. The van der Waals surface area contributed by atoms with Crippen molar-refractivity contribution >= 4 is 11.9 Å². The van der Waals surface area contributed by atoms with E-state index in [2.05, 4.69) is 0 Å². The number of carboxylic acid groups (broad SMARTS) is 1. The molecule has 62 valence electrons. The van der Waals surface area contributed by atoms with Crippen LogP contribution in [-0.4, -0.2) is 34.7 Å². The van der Waals surface area contributed by atoms with Gasteiger partial charge >= 0.3 is 5.97 Å². The van der Waals surface area contributed by atoms with Gasteiger partial charge in [0, 0.05) is 13.3 Å². The molecule has 1 fully saturated rings. The van der Waals surface area contributed by atoms with E-state index in [1.807, 2.05) is 0 Å². The van der Waals surface area contributed by atoms with E-state index in [0.29, 0.717) is 13.0 Å². The Bertz CT molecular complexity index is 171. The topological polar surface area (TPSA) is 66.8 Å². The second-order valence-corrected chi connectivity index (χ2v) is 2.32. The summed E-state index contributed by atoms with van der Waals surface area (Å²) < 4.78 is 0. The molecule has 0 aliphatic carbocycles. The predicted molar refractivity (Wildman–Crippen MR) is 34.5 cm³/mol. The smallest absolute Gasteiger partial charge is 0.329 e. The van der Waals surface area contributed by atoms with Crippen molar-refractivity contribution in [2.45, 2.75) is 19.4 Å². The molecular weight excluding hydrogens is 150 g/mol. The molecule has 0 spiro atoms. The second-order valence-electron chi connectivity index (χ2n) is 2.32. The first-order valence-electron chi connectivity index (χ1n) is 3.28. The van der Waals surface area contributed by atoms with Crippen molar-refractivity contribution < 1.29 is 19.5 Å². The molecule has 0 radical (unpaired) electrons. The van der Waals surface area contributed by atoms with Gasteiger partial charge in [-0.25, -0.2) is 9.86 Å². The highest BCUT2D eigenvalue weighted by atomic mass is 16.7. The highest BCUT2D eigenvalue weighted by Gasteiger charge is 2.33. The maximum atomic E-state index is 10.7. The van der Waals surface area contributed by atoms with Crippen molar-refractivity contribution in [3.05, 3.63) is 0 Å². The number of hydrogen-bond acceptors (Lipinski definition) is 3. The molecule has 11 heavy (non-hydrogen) atoms. The first-order chi connectivity index (χ1) is 5.13. The van der Waals surface area contributed by atoms with Crippen LogP contribution in [0.1, 0.15) is 13.3 Å². The summed E-state index contributed by atoms with van der Waals surface area (Å²) >= 11 is 0. The minimum absolute atomic E-state index is 0.302. The third-order valence-electron chi connectivity index (χ3n) is 1.50. The Hall–Kier alpha value is -1.10. The summed E-state index contributed by atoms with van der Waals surface area (Å²) in [6.07, 6.45) is 0.370. The Kier molecular flexibility index (Phi) is 2.09. The standard InChI is InChI=1S/C6H9NO4/c1-4(8)7-5(6(9)10)2-3-11-7/h5H,2-3H2,1H3,(H,9,10)/t5-/m0/s1. The van der Waals surface area contributed by atoms with E-state index in [1.54, 1.807) is 0 Å². The van der Waals surface area contributed by atoms with Gasteiger partial charge in [-0.2, -0.15) is 0 Å². The van der Waals surface area contributed by atoms with Gasteiger partial charge in [0.2, 0.25) is 5.91 Å². The Morgan fingerprint density at radius 2 is 2.27 bits per heavy atom. The molecule has 1 amide bonds. The number of hydroxylamine groups is 2. The van der Waals surface area contributed by atoms with Crippen LogP contribution in [0.3, 0.4) is 0 Å². The van der Waals surface area contributed by atoms with Crippen molar-refractivity contribution in [1.29, 1.82) is 0 Å². The first kappa shape index (κ1) is 8.00. The summed E-state index contributed by atoms with van der Waals surface area (Å²) in [7, 11) is 0. The number of hydrogen-bond donors (Lipinski definition) is 1. The highest BCUT2D eigenvalue weighted by Crippen LogP contribution is 2.14. The zero-order valence-electron chi connectivity index (χ0n) is 6.11. The van der Waals surface area contributed by atoms with E-state index in [1.165, 1.54) is 6.92 Å². The van der Waals surface area contributed by atoms with Gasteiger partial charge in [0.15, 0.2) is 6.04 Å². The van der Waals surface area contributed by atoms with Gasteiger partial charge < -0.3 is 5.11 Å². The van der Waals surface area contributed by atoms with Crippen LogP contribution in [0.5, 0.6) is 0 Å². The van der Waals surface area contributed by atoms with E-state index in [0.717, 1.165) is 5.06 Å². The van der Waals surface area contributed by atoms with Gasteiger partial charge in [-0.15, -0.1) is 0 Å². The molecule has 0 aromatic heterocycles. The molecule has 1 aliphatic heterocycles. The van der Waals surface area contributed by atoms with Crippen molar-refractivity contribution in [2.24, 2.45) is 0 Å². The summed E-state index contributed by atoms with van der Waals surface area (Å²) in [5, 5.41) is 9.46. The summed E-state index contributed by atoms with van der Waals surface area (Å²) in [6, 6.07) is -0.799. The molecule has 0 aromatic rings. The van der Waals surface area contributed by atoms with Gasteiger partial charge in [0.05, 0.1) is 6.61 Å². The van der Waals surface area contributed by atoms with Crippen LogP contribution in [0.15, 0.2) is 0 Å². The van der Waals surface area contributed by atoms with Crippen molar-refractivity contribution in [3.63, 3.8) is 0 Å². The average molecular weight is 159 g/mol. The van der Waals surface area contributed by atoms with Gasteiger partial charge in [0.1, 0.15) is 0 Å². The normalized spacial score (nSPS) is 23.7. The second kappa shape index (κ2) is 2.87. The van der Waals surface area contributed by atoms with E-state index < -0.39 is 12.0 Å². The molecular formula is C6H9NO4. The molecule has 0 bridgehead atoms. The largest absolute Gasteiger partial charge is 0.480 e. The number of rotatable bonds is 1. The fourth-order valence-corrected chi connectivity index (χ4v) is 1.00. The maximum absolute atomic E-state index is 10.7. The van der Waals surface area contributed by atoms with Crippen LogP contribution in [0.25, 0.3) is 0 Å². The molecule has 5 nitrogen and oxygen atoms in total. The van der Waals surface area contributed by atoms with E-state index in [4.69, 9.17) is 9.94 Å². The molecule has 1 saturated heterocycles. The average Bonchev–Trinajstić information content (AvgIpc) is 2.32. The number of carboxylic acids is 1. The zero-order valence-corrected chi connectivity index (χ0v) is 6.11. The predicted octanol–water partition coefficient (Wildman–Crippen LogP) is -0.377. The van der Waals surface area contributed by atoms with E-state index >= 15 is 0 Å². The Morgan fingerprint density at radius 3 is 2.64 bits per heavy atom. The zero-order chi connectivity index (χ0) is 8.43. The number of aliphatic carboxylic acids is 1. The fourth-order valence-electron chi connectivity index (χ4n) is 1.00. The third-order valence-corrected chi connectivity index (χ3v) is 1.50. The number of amides is 1. The van der Waals surface area contributed by atoms with E-state index in [9.17, 15) is 9.59 Å². The number of carbonyl (C=O) groups is 2. The lowest BCUT2D eigenvalue weighted by Gasteiger charge is -2.16. The van der Waals surface area contributed by atoms with Gasteiger partial charge in [0.25, 0.3) is 0 Å². The van der Waals surface area contributed by atoms with Crippen LogP contribution in [0.4, 0.5) is 0 Å². The molecule has 0 saturated carbocycles. The lowest BCUT2D eigenvalue weighted by Crippen LogP contribution is -2.38. The molecule has 1 rings (SSSR count). The first-order valence-corrected chi connectivity index (χ1v) is 3.28. The molecule has 1 heterocycles. The van der Waals surface area contributed by atoms with Crippen LogP contribution in [-0.2, 0) is 14.4 Å². The lowest BCUT2D eigenvalue weighted by molar-refractivity contribution is -0.181.